The lowest BCUT2D eigenvalue weighted by Crippen LogP contribution is -2.41. The Morgan fingerprint density at radius 1 is 1.37 bits per heavy atom. The van der Waals surface area contributed by atoms with Gasteiger partial charge in [0.15, 0.2) is 0 Å². The maximum absolute atomic E-state index is 11.1. The first kappa shape index (κ1) is 12.4. The van der Waals surface area contributed by atoms with E-state index in [1.165, 1.54) is 38.8 Å². The highest BCUT2D eigenvalue weighted by Gasteiger charge is 2.35. The first-order valence-electron chi connectivity index (χ1n) is 7.00. The highest BCUT2D eigenvalue weighted by molar-refractivity contribution is 5.91. The fraction of sp³-hybridized carbons (Fsp3) is 0.571. The van der Waals surface area contributed by atoms with Crippen LogP contribution in [0, 0.1) is 0 Å². The zero-order valence-electron chi connectivity index (χ0n) is 11.0. The number of hydrogen-bond acceptors (Lipinski definition) is 4. The van der Waals surface area contributed by atoms with E-state index < -0.39 is 5.91 Å². The summed E-state index contributed by atoms with van der Waals surface area (Å²) in [5, 5.41) is 3.55. The van der Waals surface area contributed by atoms with Gasteiger partial charge < -0.3 is 11.1 Å². The molecule has 1 aromatic heterocycles. The van der Waals surface area contributed by atoms with Crippen molar-refractivity contribution in [3.05, 3.63) is 24.0 Å². The van der Waals surface area contributed by atoms with Crippen molar-refractivity contribution in [1.82, 2.24) is 9.88 Å². The summed E-state index contributed by atoms with van der Waals surface area (Å²) in [6, 6.07) is 4.76. The molecule has 0 aromatic carbocycles. The van der Waals surface area contributed by atoms with Crippen LogP contribution in [0.4, 0.5) is 5.69 Å². The zero-order chi connectivity index (χ0) is 13.2. The summed E-state index contributed by atoms with van der Waals surface area (Å²) in [5.74, 6) is -0.477. The SMILES string of the molecule is NC(=O)c1cc(NC2CCN3CCCCC23)ccn1. The van der Waals surface area contributed by atoms with Crippen molar-refractivity contribution in [1.29, 1.82) is 0 Å². The van der Waals surface area contributed by atoms with Gasteiger partial charge in [0, 0.05) is 30.5 Å². The first-order valence-corrected chi connectivity index (χ1v) is 7.00. The maximum atomic E-state index is 11.1. The van der Waals surface area contributed by atoms with Gasteiger partial charge in [0.05, 0.1) is 0 Å². The van der Waals surface area contributed by atoms with E-state index in [2.05, 4.69) is 15.2 Å². The first-order chi connectivity index (χ1) is 9.24. The van der Waals surface area contributed by atoms with E-state index in [1.807, 2.05) is 6.07 Å². The molecule has 1 amide bonds. The van der Waals surface area contributed by atoms with Crippen molar-refractivity contribution in [2.24, 2.45) is 5.73 Å². The van der Waals surface area contributed by atoms with Crippen molar-refractivity contribution in [3.8, 4) is 0 Å². The van der Waals surface area contributed by atoms with Gasteiger partial charge in [-0.15, -0.1) is 0 Å². The average molecular weight is 260 g/mol. The second kappa shape index (κ2) is 5.17. The Hall–Kier alpha value is -1.62. The Labute approximate surface area is 113 Å². The lowest BCUT2D eigenvalue weighted by atomic mass is 9.99. The van der Waals surface area contributed by atoms with Crippen LogP contribution in [0.15, 0.2) is 18.3 Å². The zero-order valence-corrected chi connectivity index (χ0v) is 11.0. The molecule has 3 N–H and O–H groups in total. The summed E-state index contributed by atoms with van der Waals surface area (Å²) in [5.41, 5.74) is 6.53. The number of rotatable bonds is 3. The molecule has 3 rings (SSSR count). The molecular formula is C14H20N4O. The number of nitrogens with zero attached hydrogens (tertiary/aromatic N) is 2. The molecule has 1 aromatic rings. The standard InChI is InChI=1S/C14H20N4O/c15-14(19)12-9-10(4-6-16-12)17-11-5-8-18-7-2-1-3-13(11)18/h4,6,9,11,13H,1-3,5,7-8H2,(H2,15,19)(H,16,17). The summed E-state index contributed by atoms with van der Waals surface area (Å²) in [4.78, 5) is 17.7. The van der Waals surface area contributed by atoms with Crippen molar-refractivity contribution >= 4 is 11.6 Å². The molecule has 2 saturated heterocycles. The minimum absolute atomic E-state index is 0.323. The number of amides is 1. The van der Waals surface area contributed by atoms with Gasteiger partial charge in [-0.25, -0.2) is 0 Å². The number of nitrogens with two attached hydrogens (primary N) is 1. The molecule has 0 spiro atoms. The number of carbonyl (C=O) groups excluding carboxylic acids is 1. The average Bonchev–Trinajstić information content (AvgIpc) is 2.83. The topological polar surface area (TPSA) is 71.2 Å². The second-order valence-corrected chi connectivity index (χ2v) is 5.43. The van der Waals surface area contributed by atoms with Crippen molar-refractivity contribution in [3.63, 3.8) is 0 Å². The summed E-state index contributed by atoms with van der Waals surface area (Å²) < 4.78 is 0. The Kier molecular flexibility index (Phi) is 3.38. The lowest BCUT2D eigenvalue weighted by molar-refractivity contribution is 0.0995. The van der Waals surface area contributed by atoms with Gasteiger partial charge in [-0.05, 0) is 37.9 Å². The van der Waals surface area contributed by atoms with Crippen LogP contribution in [-0.2, 0) is 0 Å². The summed E-state index contributed by atoms with van der Waals surface area (Å²) in [6.45, 7) is 2.40. The van der Waals surface area contributed by atoms with E-state index in [9.17, 15) is 4.79 Å². The van der Waals surface area contributed by atoms with E-state index in [0.29, 0.717) is 17.8 Å². The summed E-state index contributed by atoms with van der Waals surface area (Å²) in [7, 11) is 0. The van der Waals surface area contributed by atoms with E-state index >= 15 is 0 Å². The molecule has 2 aliphatic heterocycles. The van der Waals surface area contributed by atoms with Crippen LogP contribution in [0.3, 0.4) is 0 Å². The Balaban J connectivity index is 1.71. The normalized spacial score (nSPS) is 26.9. The molecule has 0 aliphatic carbocycles. The van der Waals surface area contributed by atoms with Crippen LogP contribution in [0.2, 0.25) is 0 Å². The van der Waals surface area contributed by atoms with E-state index in [0.717, 1.165) is 5.69 Å². The third-order valence-corrected chi connectivity index (χ3v) is 4.22. The molecule has 3 heterocycles. The number of fused-ring (bicyclic) bond motifs is 1. The number of hydrogen-bond donors (Lipinski definition) is 2. The molecule has 102 valence electrons. The minimum Gasteiger partial charge on any atom is -0.381 e. The van der Waals surface area contributed by atoms with Gasteiger partial charge >= 0.3 is 0 Å². The van der Waals surface area contributed by atoms with Crippen LogP contribution in [0.5, 0.6) is 0 Å². The van der Waals surface area contributed by atoms with Crippen LogP contribution in [0.1, 0.15) is 36.2 Å². The molecule has 2 fully saturated rings. The van der Waals surface area contributed by atoms with Crippen molar-refractivity contribution < 1.29 is 4.79 Å². The Bertz CT molecular complexity index is 476. The molecule has 2 atom stereocenters. The van der Waals surface area contributed by atoms with Crippen LogP contribution >= 0.6 is 0 Å². The fourth-order valence-corrected chi connectivity index (χ4v) is 3.28. The second-order valence-electron chi connectivity index (χ2n) is 5.43. The number of pyridine rings is 1. The van der Waals surface area contributed by atoms with Gasteiger partial charge in [-0.3, -0.25) is 14.7 Å². The van der Waals surface area contributed by atoms with Gasteiger partial charge in [-0.2, -0.15) is 0 Å². The molecule has 2 unspecified atom stereocenters. The number of primary amides is 1. The molecule has 5 nitrogen and oxygen atoms in total. The van der Waals surface area contributed by atoms with Gasteiger partial charge in [0.2, 0.25) is 0 Å². The fourth-order valence-electron chi connectivity index (χ4n) is 3.28. The molecule has 5 heteroatoms. The predicted octanol–water partition coefficient (Wildman–Crippen LogP) is 1.22. The van der Waals surface area contributed by atoms with Gasteiger partial charge in [-0.1, -0.05) is 6.42 Å². The number of piperidine rings is 1. The predicted molar refractivity (Wildman–Crippen MR) is 74.0 cm³/mol. The minimum atomic E-state index is -0.477. The van der Waals surface area contributed by atoms with Crippen LogP contribution < -0.4 is 11.1 Å². The van der Waals surface area contributed by atoms with Crippen LogP contribution in [0.25, 0.3) is 0 Å². The van der Waals surface area contributed by atoms with Gasteiger partial charge in [0.25, 0.3) is 5.91 Å². The number of aromatic nitrogens is 1. The summed E-state index contributed by atoms with van der Waals surface area (Å²) >= 11 is 0. The quantitative estimate of drug-likeness (QED) is 0.857. The monoisotopic (exact) mass is 260 g/mol. The van der Waals surface area contributed by atoms with E-state index in [-0.39, 0.29) is 0 Å². The number of nitrogens with one attached hydrogen (secondary N) is 1. The van der Waals surface area contributed by atoms with Crippen LogP contribution in [-0.4, -0.2) is 41.0 Å². The molecule has 0 radical (unpaired) electrons. The largest absolute Gasteiger partial charge is 0.381 e. The Morgan fingerprint density at radius 2 is 2.26 bits per heavy atom. The maximum Gasteiger partial charge on any atom is 0.267 e. The van der Waals surface area contributed by atoms with Crippen molar-refractivity contribution in [2.45, 2.75) is 37.8 Å². The highest BCUT2D eigenvalue weighted by Crippen LogP contribution is 2.29. The molecule has 19 heavy (non-hydrogen) atoms. The van der Waals surface area contributed by atoms with E-state index in [4.69, 9.17) is 5.73 Å². The molecule has 0 saturated carbocycles. The summed E-state index contributed by atoms with van der Waals surface area (Å²) in [6.07, 6.45) is 6.72. The smallest absolute Gasteiger partial charge is 0.267 e. The number of carbonyl (C=O) groups is 1. The van der Waals surface area contributed by atoms with Crippen molar-refractivity contribution in [2.75, 3.05) is 18.4 Å². The molecule has 2 aliphatic rings. The Morgan fingerprint density at radius 3 is 3.11 bits per heavy atom. The molecule has 0 bridgehead atoms. The van der Waals surface area contributed by atoms with E-state index in [1.54, 1.807) is 12.3 Å². The highest BCUT2D eigenvalue weighted by atomic mass is 16.1. The number of anilines is 1. The third-order valence-electron chi connectivity index (χ3n) is 4.22. The van der Waals surface area contributed by atoms with Gasteiger partial charge in [0.1, 0.15) is 5.69 Å². The third kappa shape index (κ3) is 2.56. The lowest BCUT2D eigenvalue weighted by Gasteiger charge is -2.33. The molecular weight excluding hydrogens is 240 g/mol.